The molecule has 0 amide bonds. The summed E-state index contributed by atoms with van der Waals surface area (Å²) >= 11 is 0. The molecule has 0 aliphatic rings. The first-order valence-corrected chi connectivity index (χ1v) is 42.3. The normalized spacial score (nSPS) is 11.7. The zero-order chi connectivity index (χ0) is 74.0. The number of rotatable bonds is 55. The van der Waals surface area contributed by atoms with Crippen LogP contribution in [0, 0.1) is 59.2 Å². The third-order valence-corrected chi connectivity index (χ3v) is 19.1. The Morgan fingerprint density at radius 1 is 0.180 bits per heavy atom. The molecule has 5 heterocycles. The minimum atomic E-state index is 0.730. The van der Waals surface area contributed by atoms with E-state index in [0.29, 0.717) is 0 Å². The zero-order valence-electron chi connectivity index (χ0n) is 69.7. The van der Waals surface area contributed by atoms with Crippen LogP contribution in [0.4, 0.5) is 0 Å². The summed E-state index contributed by atoms with van der Waals surface area (Å²) in [6, 6.07) is 0. The third kappa shape index (κ3) is 55.3. The maximum atomic E-state index is 4.23. The fourth-order valence-electron chi connectivity index (χ4n) is 12.4. The zero-order valence-corrected chi connectivity index (χ0v) is 69.7. The summed E-state index contributed by atoms with van der Waals surface area (Å²) in [5.74, 6) is 8.08. The molecule has 0 spiro atoms. The van der Waals surface area contributed by atoms with E-state index in [9.17, 15) is 0 Å². The average molecular weight is 1400 g/mol. The number of aryl methyl sites for hydroxylation is 10. The van der Waals surface area contributed by atoms with Gasteiger partial charge in [-0.2, -0.15) is 0 Å². The van der Waals surface area contributed by atoms with Gasteiger partial charge in [0.2, 0.25) is 0 Å². The van der Waals surface area contributed by atoms with Crippen LogP contribution in [-0.2, 0) is 64.8 Å². The molecule has 0 bridgehead atoms. The van der Waals surface area contributed by atoms with Gasteiger partial charge in [0.1, 0.15) is 0 Å². The number of hydrogen-bond acceptors (Lipinski definition) is 10. The first kappa shape index (κ1) is 93.7. The van der Waals surface area contributed by atoms with Crippen molar-refractivity contribution >= 4 is 0 Å². The summed E-state index contributed by atoms with van der Waals surface area (Å²) in [4.78, 5) is 0. The van der Waals surface area contributed by atoms with E-state index in [1.165, 1.54) is 253 Å². The molecule has 100 heavy (non-hydrogen) atoms. The average Bonchev–Trinajstić information content (AvgIpc) is 1.83. The van der Waals surface area contributed by atoms with Gasteiger partial charge in [-0.25, -0.2) is 23.4 Å². The summed E-state index contributed by atoms with van der Waals surface area (Å²) in [7, 11) is 0. The van der Waals surface area contributed by atoms with Crippen LogP contribution in [0.2, 0.25) is 0 Å². The van der Waals surface area contributed by atoms with Gasteiger partial charge in [-0.05, 0) is 168 Å². The SMILES string of the molecule is CC(C)CCCCCCCc1cnnn1CCC(C)C.CC(C)CCCCCCCc1cnnn1CCC(C)C.CC(C)CCCCCCc1cnnn1CCCC(C)C.CC(C)CCCCCCc1cnnn1CCCC(C)C.CC(C)CCCCCc1cnnn1CCCCC(C)C. The van der Waals surface area contributed by atoms with Crippen molar-refractivity contribution in [2.24, 2.45) is 59.2 Å². The van der Waals surface area contributed by atoms with Crippen molar-refractivity contribution in [3.63, 3.8) is 0 Å². The molecule has 0 aliphatic heterocycles. The Labute approximate surface area is 618 Å². The summed E-state index contributed by atoms with van der Waals surface area (Å²) in [5.41, 5.74) is 6.58. The molecule has 0 fully saturated rings. The monoisotopic (exact) mass is 1400 g/mol. The lowest BCUT2D eigenvalue weighted by Gasteiger charge is -2.08. The molecule has 0 saturated heterocycles. The molecule has 0 radical (unpaired) electrons. The topological polar surface area (TPSA) is 154 Å². The van der Waals surface area contributed by atoms with Crippen LogP contribution in [0.3, 0.4) is 0 Å². The molecular formula is C85H165N15. The van der Waals surface area contributed by atoms with Gasteiger partial charge in [-0.3, -0.25) is 0 Å². The molecule has 0 saturated carbocycles. The highest BCUT2D eigenvalue weighted by atomic mass is 15.4. The predicted molar refractivity (Wildman–Crippen MR) is 429 cm³/mol. The van der Waals surface area contributed by atoms with E-state index in [1.54, 1.807) is 0 Å². The fraction of sp³-hybridized carbons (Fsp3) is 0.882. The van der Waals surface area contributed by atoms with Crippen LogP contribution in [-0.4, -0.2) is 75.0 Å². The van der Waals surface area contributed by atoms with E-state index >= 15 is 0 Å². The van der Waals surface area contributed by atoms with Crippen LogP contribution in [0.25, 0.3) is 0 Å². The lowest BCUT2D eigenvalue weighted by Crippen LogP contribution is -2.07. The smallest absolute Gasteiger partial charge is 0.0725 e. The fourth-order valence-corrected chi connectivity index (χ4v) is 12.4. The Kier molecular flexibility index (Phi) is 58.2. The lowest BCUT2D eigenvalue weighted by molar-refractivity contribution is 0.462. The molecule has 15 nitrogen and oxygen atoms in total. The van der Waals surface area contributed by atoms with Gasteiger partial charge in [0.15, 0.2) is 0 Å². The molecule has 0 atom stereocenters. The molecule has 5 rings (SSSR count). The van der Waals surface area contributed by atoms with E-state index in [0.717, 1.165) is 124 Å². The predicted octanol–water partition coefficient (Wildman–Crippen LogP) is 24.3. The van der Waals surface area contributed by atoms with Gasteiger partial charge in [-0.15, -0.1) is 25.5 Å². The molecule has 0 aromatic carbocycles. The van der Waals surface area contributed by atoms with Crippen LogP contribution in [0.15, 0.2) is 31.0 Å². The quantitative estimate of drug-likeness (QED) is 0.0344. The van der Waals surface area contributed by atoms with Crippen molar-refractivity contribution in [1.82, 2.24) is 75.0 Å². The summed E-state index contributed by atoms with van der Waals surface area (Å²) in [6.07, 6.45) is 61.7. The molecular weight excluding hydrogens is 1230 g/mol. The van der Waals surface area contributed by atoms with E-state index in [2.05, 4.69) is 213 Å². The lowest BCUT2D eigenvalue weighted by atomic mass is 10.0. The van der Waals surface area contributed by atoms with Gasteiger partial charge in [0.25, 0.3) is 0 Å². The number of nitrogens with zero attached hydrogens (tertiary/aromatic N) is 15. The molecule has 0 unspecified atom stereocenters. The van der Waals surface area contributed by atoms with Crippen molar-refractivity contribution in [2.75, 3.05) is 0 Å². The Bertz CT molecular complexity index is 2360. The highest BCUT2D eigenvalue weighted by molar-refractivity contribution is 4.97. The standard InChI is InChI=1S/5C17H33N3/c1-15(2)10-6-5-7-12-17-14-18-19-20(17)13-9-8-11-16(3)4;2*1-15(2)10-7-5-6-8-12-17-14-18-19-20(17)13-9-11-16(3)4;2*1-15(2)10-8-6-5-7-9-11-17-14-18-19-20(17)13-12-16(3)4/h5*14-16H,5-13H2,1-4H3. The summed E-state index contributed by atoms with van der Waals surface area (Å²) < 4.78 is 10.5. The van der Waals surface area contributed by atoms with Crippen LogP contribution >= 0.6 is 0 Å². The Morgan fingerprint density at radius 3 is 0.560 bits per heavy atom. The minimum Gasteiger partial charge on any atom is -0.249 e. The first-order valence-electron chi connectivity index (χ1n) is 42.3. The van der Waals surface area contributed by atoms with Gasteiger partial charge in [-0.1, -0.05) is 312 Å². The van der Waals surface area contributed by atoms with Gasteiger partial charge >= 0.3 is 0 Å². The Balaban J connectivity index is 0.000000625. The van der Waals surface area contributed by atoms with E-state index in [1.807, 2.05) is 31.0 Å². The Morgan fingerprint density at radius 2 is 0.340 bits per heavy atom. The van der Waals surface area contributed by atoms with Crippen LogP contribution in [0.1, 0.15) is 392 Å². The third-order valence-electron chi connectivity index (χ3n) is 19.1. The molecule has 5 aromatic heterocycles. The van der Waals surface area contributed by atoms with Gasteiger partial charge < -0.3 is 0 Å². The first-order chi connectivity index (χ1) is 48.0. The molecule has 15 heteroatoms. The van der Waals surface area contributed by atoms with Crippen molar-refractivity contribution in [2.45, 2.75) is 428 Å². The summed E-state index contributed by atoms with van der Waals surface area (Å²) in [6.45, 7) is 50.9. The molecule has 580 valence electrons. The molecule has 5 aromatic rings. The van der Waals surface area contributed by atoms with E-state index in [-0.39, 0.29) is 0 Å². The highest BCUT2D eigenvalue weighted by Gasteiger charge is 2.11. The second-order valence-electron chi connectivity index (χ2n) is 34.2. The van der Waals surface area contributed by atoms with Crippen molar-refractivity contribution in [1.29, 1.82) is 0 Å². The van der Waals surface area contributed by atoms with E-state index in [4.69, 9.17) is 0 Å². The number of aromatic nitrogens is 15. The minimum absolute atomic E-state index is 0.730. The van der Waals surface area contributed by atoms with Gasteiger partial charge in [0, 0.05) is 32.7 Å². The van der Waals surface area contributed by atoms with Crippen LogP contribution in [0.5, 0.6) is 0 Å². The maximum Gasteiger partial charge on any atom is 0.0725 e. The number of unbranched alkanes of at least 4 members (excludes halogenated alkanes) is 17. The largest absolute Gasteiger partial charge is 0.249 e. The molecule has 0 aliphatic carbocycles. The van der Waals surface area contributed by atoms with Crippen molar-refractivity contribution in [3.8, 4) is 0 Å². The Hall–Kier alpha value is -4.30. The second-order valence-corrected chi connectivity index (χ2v) is 34.2. The number of hydrogen-bond donors (Lipinski definition) is 0. The van der Waals surface area contributed by atoms with Crippen molar-refractivity contribution < 1.29 is 0 Å². The van der Waals surface area contributed by atoms with E-state index < -0.39 is 0 Å². The van der Waals surface area contributed by atoms with Gasteiger partial charge in [0.05, 0.1) is 59.5 Å². The summed E-state index contributed by atoms with van der Waals surface area (Å²) in [5, 5.41) is 41.4. The maximum absolute atomic E-state index is 4.23. The second kappa shape index (κ2) is 62.1. The van der Waals surface area contributed by atoms with Crippen molar-refractivity contribution in [3.05, 3.63) is 59.5 Å². The molecule has 0 N–H and O–H groups in total. The van der Waals surface area contributed by atoms with Crippen LogP contribution < -0.4 is 0 Å². The highest BCUT2D eigenvalue weighted by Crippen LogP contribution is 2.19.